The van der Waals surface area contributed by atoms with Gasteiger partial charge in [0.25, 0.3) is 0 Å². The van der Waals surface area contributed by atoms with Gasteiger partial charge in [-0.3, -0.25) is 19.2 Å². The van der Waals surface area contributed by atoms with Crippen LogP contribution in [0.4, 0.5) is 0 Å². The molecule has 3 amide bonds. The van der Waals surface area contributed by atoms with E-state index in [1.165, 1.54) is 13.8 Å². The molecule has 0 aliphatic rings. The van der Waals surface area contributed by atoms with Crippen molar-refractivity contribution < 1.29 is 39.3 Å². The van der Waals surface area contributed by atoms with Crippen LogP contribution in [0.1, 0.15) is 46.0 Å². The quantitative estimate of drug-likeness (QED) is 0.120. The molecule has 178 valence electrons. The van der Waals surface area contributed by atoms with Crippen LogP contribution in [-0.2, 0) is 24.0 Å². The third-order valence-electron chi connectivity index (χ3n) is 4.38. The molecule has 31 heavy (non-hydrogen) atoms. The van der Waals surface area contributed by atoms with Gasteiger partial charge in [-0.2, -0.15) is 0 Å². The molecule has 0 fully saturated rings. The van der Waals surface area contributed by atoms with Crippen molar-refractivity contribution in [2.75, 3.05) is 6.54 Å². The Morgan fingerprint density at radius 2 is 1.48 bits per heavy atom. The summed E-state index contributed by atoms with van der Waals surface area (Å²) in [6.45, 7) is 2.91. The molecular formula is C18H33N5O8. The summed E-state index contributed by atoms with van der Waals surface area (Å²) in [5.74, 6) is -4.82. The van der Waals surface area contributed by atoms with Crippen LogP contribution in [0.25, 0.3) is 0 Å². The average Bonchev–Trinajstić information content (AvgIpc) is 2.68. The lowest BCUT2D eigenvalue weighted by molar-refractivity contribution is -0.145. The monoisotopic (exact) mass is 447 g/mol. The lowest BCUT2D eigenvalue weighted by Gasteiger charge is -2.24. The maximum absolute atomic E-state index is 12.5. The van der Waals surface area contributed by atoms with E-state index < -0.39 is 59.9 Å². The zero-order valence-electron chi connectivity index (χ0n) is 17.7. The van der Waals surface area contributed by atoms with Crippen molar-refractivity contribution in [1.82, 2.24) is 16.0 Å². The molecule has 5 atom stereocenters. The fraction of sp³-hybridized carbons (Fsp3) is 0.722. The predicted octanol–water partition coefficient (Wildman–Crippen LogP) is -2.75. The minimum absolute atomic E-state index is 0.116. The summed E-state index contributed by atoms with van der Waals surface area (Å²) in [5, 5.41) is 34.2. The Bertz CT molecular complexity index is 642. The van der Waals surface area contributed by atoms with Gasteiger partial charge in [0.2, 0.25) is 17.7 Å². The number of carboxylic acid groups (broad SMARTS) is 2. The molecule has 0 saturated carbocycles. The highest BCUT2D eigenvalue weighted by Gasteiger charge is 2.30. The first-order valence-electron chi connectivity index (χ1n) is 9.90. The second-order valence-corrected chi connectivity index (χ2v) is 7.18. The second-order valence-electron chi connectivity index (χ2n) is 7.18. The Balaban J connectivity index is 5.05. The second kappa shape index (κ2) is 14.3. The van der Waals surface area contributed by atoms with E-state index in [2.05, 4.69) is 16.0 Å². The lowest BCUT2D eigenvalue weighted by Crippen LogP contribution is -2.57. The number of nitrogens with one attached hydrogen (secondary N) is 3. The van der Waals surface area contributed by atoms with Crippen LogP contribution in [0, 0.1) is 0 Å². The molecule has 0 radical (unpaired) electrons. The van der Waals surface area contributed by atoms with Gasteiger partial charge in [0.05, 0.1) is 12.1 Å². The molecular weight excluding hydrogens is 414 g/mol. The van der Waals surface area contributed by atoms with Gasteiger partial charge in [-0.15, -0.1) is 0 Å². The number of carbonyl (C=O) groups excluding carboxylic acids is 3. The number of carboxylic acids is 2. The molecule has 0 aliphatic heterocycles. The number of carbonyl (C=O) groups is 5. The maximum atomic E-state index is 12.5. The molecule has 0 heterocycles. The Morgan fingerprint density at radius 1 is 0.871 bits per heavy atom. The Morgan fingerprint density at radius 3 is 1.97 bits per heavy atom. The lowest BCUT2D eigenvalue weighted by atomic mass is 10.1. The van der Waals surface area contributed by atoms with E-state index in [-0.39, 0.29) is 19.3 Å². The van der Waals surface area contributed by atoms with Gasteiger partial charge >= 0.3 is 11.9 Å². The summed E-state index contributed by atoms with van der Waals surface area (Å²) in [4.78, 5) is 58.7. The summed E-state index contributed by atoms with van der Waals surface area (Å²) >= 11 is 0. The van der Waals surface area contributed by atoms with Crippen LogP contribution in [0.15, 0.2) is 0 Å². The van der Waals surface area contributed by atoms with Crippen molar-refractivity contribution in [3.8, 4) is 0 Å². The number of aliphatic hydroxyl groups excluding tert-OH is 1. The number of rotatable bonds is 15. The van der Waals surface area contributed by atoms with E-state index in [9.17, 15) is 29.1 Å². The highest BCUT2D eigenvalue weighted by molar-refractivity contribution is 5.94. The fourth-order valence-electron chi connectivity index (χ4n) is 2.50. The van der Waals surface area contributed by atoms with Gasteiger partial charge in [-0.1, -0.05) is 0 Å². The first kappa shape index (κ1) is 28.2. The molecule has 0 aliphatic carbocycles. The molecule has 0 bridgehead atoms. The summed E-state index contributed by atoms with van der Waals surface area (Å²) in [6.07, 6.45) is -0.625. The molecule has 0 saturated heterocycles. The van der Waals surface area contributed by atoms with Crippen LogP contribution < -0.4 is 27.4 Å². The number of unbranched alkanes of at least 4 members (excludes halogenated alkanes) is 1. The summed E-state index contributed by atoms with van der Waals surface area (Å²) in [6, 6.07) is -4.91. The average molecular weight is 447 g/mol. The van der Waals surface area contributed by atoms with Gasteiger partial charge in [0, 0.05) is 6.42 Å². The normalized spacial score (nSPS) is 15.6. The van der Waals surface area contributed by atoms with Crippen molar-refractivity contribution in [2.45, 2.75) is 76.2 Å². The van der Waals surface area contributed by atoms with Crippen molar-refractivity contribution in [2.24, 2.45) is 11.5 Å². The van der Waals surface area contributed by atoms with Crippen LogP contribution in [0.2, 0.25) is 0 Å². The number of aliphatic hydroxyl groups is 1. The minimum Gasteiger partial charge on any atom is -0.481 e. The van der Waals surface area contributed by atoms with Crippen molar-refractivity contribution in [3.05, 3.63) is 0 Å². The van der Waals surface area contributed by atoms with E-state index in [1.807, 2.05) is 0 Å². The Labute approximate surface area is 179 Å². The fourth-order valence-corrected chi connectivity index (χ4v) is 2.50. The first-order chi connectivity index (χ1) is 14.4. The first-order valence-corrected chi connectivity index (χ1v) is 9.90. The highest BCUT2D eigenvalue weighted by Crippen LogP contribution is 2.04. The number of hydrogen-bond acceptors (Lipinski definition) is 8. The van der Waals surface area contributed by atoms with Crippen molar-refractivity contribution in [1.29, 1.82) is 0 Å². The molecule has 13 nitrogen and oxygen atoms in total. The Kier molecular flexibility index (Phi) is 13.0. The number of nitrogens with two attached hydrogens (primary N) is 2. The van der Waals surface area contributed by atoms with Gasteiger partial charge in [-0.05, 0) is 46.1 Å². The minimum atomic E-state index is -1.56. The molecule has 0 aromatic carbocycles. The molecule has 13 heteroatoms. The third-order valence-corrected chi connectivity index (χ3v) is 4.38. The van der Waals surface area contributed by atoms with Gasteiger partial charge < -0.3 is 42.7 Å². The summed E-state index contributed by atoms with van der Waals surface area (Å²) < 4.78 is 0. The summed E-state index contributed by atoms with van der Waals surface area (Å²) in [7, 11) is 0. The standard InChI is InChI=1S/C18H33N5O8/c1-9(21-16(28)11(20)6-7-13(25)26)15(27)22-12(5-3-4-8-19)17(29)23-14(10(2)24)18(30)31/h9-12,14,24H,3-8,19-20H2,1-2H3,(H,21,28)(H,22,27)(H,23,29)(H,25,26)(H,30,31). The SMILES string of the molecule is CC(NC(=O)C(N)CCC(=O)O)C(=O)NC(CCCCN)C(=O)NC(C(=O)O)C(C)O. The predicted molar refractivity (Wildman–Crippen MR) is 109 cm³/mol. The van der Waals surface area contributed by atoms with Crippen LogP contribution in [-0.4, -0.2) is 81.8 Å². The highest BCUT2D eigenvalue weighted by atomic mass is 16.4. The largest absolute Gasteiger partial charge is 0.481 e. The molecule has 0 aromatic rings. The van der Waals surface area contributed by atoms with Gasteiger partial charge in [-0.25, -0.2) is 4.79 Å². The summed E-state index contributed by atoms with van der Waals surface area (Å²) in [5.41, 5.74) is 11.0. The molecule has 0 rings (SSSR count). The zero-order chi connectivity index (χ0) is 24.1. The van der Waals surface area contributed by atoms with Crippen LogP contribution in [0.5, 0.6) is 0 Å². The number of aliphatic carboxylic acids is 2. The zero-order valence-corrected chi connectivity index (χ0v) is 17.7. The number of hydrogen-bond donors (Lipinski definition) is 8. The van der Waals surface area contributed by atoms with E-state index >= 15 is 0 Å². The maximum Gasteiger partial charge on any atom is 0.328 e. The van der Waals surface area contributed by atoms with E-state index in [4.69, 9.17) is 21.7 Å². The van der Waals surface area contributed by atoms with E-state index in [0.717, 1.165) is 0 Å². The van der Waals surface area contributed by atoms with Gasteiger partial charge in [0.1, 0.15) is 12.1 Å². The Hall–Kier alpha value is -2.77. The molecule has 5 unspecified atom stereocenters. The molecule has 0 aromatic heterocycles. The topological polar surface area (TPSA) is 234 Å². The van der Waals surface area contributed by atoms with E-state index in [0.29, 0.717) is 19.4 Å². The molecule has 10 N–H and O–H groups in total. The van der Waals surface area contributed by atoms with Gasteiger partial charge in [0.15, 0.2) is 6.04 Å². The molecule has 0 spiro atoms. The van der Waals surface area contributed by atoms with Crippen molar-refractivity contribution in [3.63, 3.8) is 0 Å². The van der Waals surface area contributed by atoms with Crippen molar-refractivity contribution >= 4 is 29.7 Å². The number of amides is 3. The smallest absolute Gasteiger partial charge is 0.328 e. The van der Waals surface area contributed by atoms with Crippen LogP contribution >= 0.6 is 0 Å². The third kappa shape index (κ3) is 11.3. The van der Waals surface area contributed by atoms with Crippen LogP contribution in [0.3, 0.4) is 0 Å². The van der Waals surface area contributed by atoms with E-state index in [1.54, 1.807) is 0 Å².